The number of hydrogen-bond acceptors (Lipinski definition) is 3. The molecule has 1 aliphatic rings. The summed E-state index contributed by atoms with van der Waals surface area (Å²) >= 11 is 0. The number of halogens is 1. The minimum Gasteiger partial charge on any atom is -0.352 e. The highest BCUT2D eigenvalue weighted by Gasteiger charge is 2.11. The zero-order chi connectivity index (χ0) is 21.5. The average molecular weight is 421 g/mol. The van der Waals surface area contributed by atoms with Crippen LogP contribution in [0.5, 0.6) is 0 Å². The molecule has 0 atom stereocenters. The monoisotopic (exact) mass is 420 g/mol. The van der Waals surface area contributed by atoms with Crippen LogP contribution in [0.1, 0.15) is 29.5 Å². The smallest absolute Gasteiger partial charge is 0.191 e. The second-order valence-electron chi connectivity index (χ2n) is 7.83. The van der Waals surface area contributed by atoms with E-state index < -0.39 is 0 Å². The molecule has 1 fully saturated rings. The van der Waals surface area contributed by atoms with Crippen LogP contribution in [0.2, 0.25) is 0 Å². The Morgan fingerprint density at radius 3 is 2.32 bits per heavy atom. The number of hydrogen-bond donors (Lipinski definition) is 2. The van der Waals surface area contributed by atoms with Crippen LogP contribution in [-0.4, -0.2) is 40.5 Å². The van der Waals surface area contributed by atoms with Crippen LogP contribution >= 0.6 is 0 Å². The fourth-order valence-electron chi connectivity index (χ4n) is 3.83. The molecule has 0 bridgehead atoms. The molecule has 2 heterocycles. The largest absolute Gasteiger partial charge is 0.352 e. The summed E-state index contributed by atoms with van der Waals surface area (Å²) in [5.74, 6) is 0.398. The summed E-state index contributed by atoms with van der Waals surface area (Å²) in [4.78, 5) is 10.7. The van der Waals surface area contributed by atoms with Gasteiger partial charge in [0, 0.05) is 39.1 Å². The summed E-state index contributed by atoms with van der Waals surface area (Å²) in [6, 6.07) is 13.9. The van der Waals surface area contributed by atoms with Crippen molar-refractivity contribution in [1.29, 1.82) is 0 Å². The van der Waals surface area contributed by atoms with Crippen molar-refractivity contribution in [1.82, 2.24) is 25.1 Å². The zero-order valence-corrected chi connectivity index (χ0v) is 17.9. The van der Waals surface area contributed by atoms with Crippen LogP contribution in [0.25, 0.3) is 5.69 Å². The van der Waals surface area contributed by atoms with Gasteiger partial charge in [-0.15, -0.1) is 0 Å². The third kappa shape index (κ3) is 5.70. The molecule has 2 aromatic carbocycles. The van der Waals surface area contributed by atoms with Crippen molar-refractivity contribution >= 4 is 5.96 Å². The van der Waals surface area contributed by atoms with Crippen molar-refractivity contribution < 1.29 is 4.39 Å². The van der Waals surface area contributed by atoms with Crippen LogP contribution in [0.3, 0.4) is 0 Å². The second kappa shape index (κ2) is 10.2. The molecule has 0 aliphatic carbocycles. The molecule has 31 heavy (non-hydrogen) atoms. The van der Waals surface area contributed by atoms with Crippen LogP contribution in [0.15, 0.2) is 66.2 Å². The number of nitrogens with zero attached hydrogens (tertiary/aromatic N) is 4. The topological polar surface area (TPSA) is 57.5 Å². The number of likely N-dealkylation sites (tertiary alicyclic amines) is 1. The molecule has 1 aliphatic heterocycles. The Hall–Kier alpha value is -3.19. The van der Waals surface area contributed by atoms with E-state index in [1.165, 1.54) is 43.1 Å². The van der Waals surface area contributed by atoms with E-state index in [0.717, 1.165) is 12.1 Å². The Morgan fingerprint density at radius 1 is 1.00 bits per heavy atom. The van der Waals surface area contributed by atoms with Gasteiger partial charge in [-0.1, -0.05) is 30.3 Å². The number of imidazole rings is 1. The molecule has 3 aromatic rings. The maximum atomic E-state index is 14.4. The molecule has 1 aromatic heterocycles. The average Bonchev–Trinajstić information content (AvgIpc) is 3.49. The number of rotatable bonds is 7. The lowest BCUT2D eigenvalue weighted by molar-refractivity contribution is 0.331. The van der Waals surface area contributed by atoms with Gasteiger partial charge in [0.25, 0.3) is 0 Å². The van der Waals surface area contributed by atoms with Gasteiger partial charge in [0.1, 0.15) is 5.82 Å². The normalized spacial score (nSPS) is 14.7. The van der Waals surface area contributed by atoms with E-state index in [4.69, 9.17) is 0 Å². The molecule has 4 rings (SSSR count). The lowest BCUT2D eigenvalue weighted by atomic mass is 10.1. The van der Waals surface area contributed by atoms with Gasteiger partial charge < -0.3 is 15.2 Å². The van der Waals surface area contributed by atoms with Crippen molar-refractivity contribution in [3.05, 3.63) is 83.7 Å². The molecule has 0 amide bonds. The number of guanidine groups is 1. The van der Waals surface area contributed by atoms with E-state index >= 15 is 0 Å². The molecule has 0 radical (unpaired) electrons. The predicted octanol–water partition coefficient (Wildman–Crippen LogP) is 3.47. The van der Waals surface area contributed by atoms with Crippen LogP contribution < -0.4 is 10.6 Å². The van der Waals surface area contributed by atoms with E-state index in [-0.39, 0.29) is 5.82 Å². The van der Waals surface area contributed by atoms with Crippen molar-refractivity contribution in [3.63, 3.8) is 0 Å². The minimum atomic E-state index is -0.283. The lowest BCUT2D eigenvalue weighted by Crippen LogP contribution is -2.36. The van der Waals surface area contributed by atoms with E-state index in [0.29, 0.717) is 24.7 Å². The van der Waals surface area contributed by atoms with Gasteiger partial charge in [0.15, 0.2) is 5.96 Å². The SMILES string of the molecule is CN=C(NCc1ccc(CN2CCCC2)cc1)NCc1ccc(-n2ccnc2)c(F)c1. The Bertz CT molecular complexity index is 991. The predicted molar refractivity (Wildman–Crippen MR) is 122 cm³/mol. The van der Waals surface area contributed by atoms with Gasteiger partial charge in [-0.3, -0.25) is 9.89 Å². The molecule has 0 saturated carbocycles. The minimum absolute atomic E-state index is 0.283. The lowest BCUT2D eigenvalue weighted by Gasteiger charge is -2.15. The first-order valence-corrected chi connectivity index (χ1v) is 10.7. The van der Waals surface area contributed by atoms with E-state index in [1.807, 2.05) is 6.07 Å². The van der Waals surface area contributed by atoms with Crippen molar-refractivity contribution in [2.45, 2.75) is 32.5 Å². The summed E-state index contributed by atoms with van der Waals surface area (Å²) in [5.41, 5.74) is 3.88. The maximum Gasteiger partial charge on any atom is 0.191 e. The summed E-state index contributed by atoms with van der Waals surface area (Å²) in [7, 11) is 1.73. The summed E-state index contributed by atoms with van der Waals surface area (Å²) in [6.07, 6.45) is 7.57. The Balaban J connectivity index is 1.26. The third-order valence-electron chi connectivity index (χ3n) is 5.57. The van der Waals surface area contributed by atoms with Gasteiger partial charge in [-0.25, -0.2) is 9.37 Å². The first-order chi connectivity index (χ1) is 15.2. The highest BCUT2D eigenvalue weighted by atomic mass is 19.1. The zero-order valence-electron chi connectivity index (χ0n) is 17.9. The molecule has 2 N–H and O–H groups in total. The summed E-state index contributed by atoms with van der Waals surface area (Å²) < 4.78 is 16.1. The molecular formula is C24H29FN6. The van der Waals surface area contributed by atoms with Crippen molar-refractivity contribution in [2.24, 2.45) is 4.99 Å². The van der Waals surface area contributed by atoms with Gasteiger partial charge in [-0.2, -0.15) is 0 Å². The van der Waals surface area contributed by atoms with Crippen LogP contribution in [-0.2, 0) is 19.6 Å². The quantitative estimate of drug-likeness (QED) is 0.454. The highest BCUT2D eigenvalue weighted by molar-refractivity contribution is 5.79. The number of aliphatic imine (C=N–C) groups is 1. The van der Waals surface area contributed by atoms with Gasteiger partial charge in [0.05, 0.1) is 12.0 Å². The standard InChI is InChI=1S/C24H29FN6/c1-26-24(28-15-19-4-6-20(7-5-19)17-30-11-2-3-12-30)29-16-21-8-9-23(22(25)14-21)31-13-10-27-18-31/h4-10,13-14,18H,2-3,11-12,15-17H2,1H3,(H2,26,28,29). The van der Waals surface area contributed by atoms with Crippen LogP contribution in [0, 0.1) is 5.82 Å². The Labute approximate surface area is 182 Å². The number of benzene rings is 2. The molecule has 7 heteroatoms. The summed E-state index contributed by atoms with van der Waals surface area (Å²) in [5, 5.41) is 6.56. The highest BCUT2D eigenvalue weighted by Crippen LogP contribution is 2.15. The first-order valence-electron chi connectivity index (χ1n) is 10.7. The fraction of sp³-hybridized carbons (Fsp3) is 0.333. The van der Waals surface area contributed by atoms with Crippen molar-refractivity contribution in [2.75, 3.05) is 20.1 Å². The maximum absolute atomic E-state index is 14.4. The Morgan fingerprint density at radius 2 is 1.68 bits per heavy atom. The van der Waals surface area contributed by atoms with Gasteiger partial charge in [-0.05, 0) is 54.8 Å². The number of aromatic nitrogens is 2. The van der Waals surface area contributed by atoms with E-state index in [2.05, 4.69) is 49.8 Å². The van der Waals surface area contributed by atoms with E-state index in [9.17, 15) is 4.39 Å². The molecular weight excluding hydrogens is 391 g/mol. The van der Waals surface area contributed by atoms with Gasteiger partial charge >= 0.3 is 0 Å². The molecule has 6 nitrogen and oxygen atoms in total. The molecule has 162 valence electrons. The fourth-order valence-corrected chi connectivity index (χ4v) is 3.83. The molecule has 0 spiro atoms. The molecule has 1 saturated heterocycles. The number of nitrogens with one attached hydrogen (secondary N) is 2. The second-order valence-corrected chi connectivity index (χ2v) is 7.83. The molecule has 0 unspecified atom stereocenters. The van der Waals surface area contributed by atoms with Crippen LogP contribution in [0.4, 0.5) is 4.39 Å². The Kier molecular flexibility index (Phi) is 6.94. The van der Waals surface area contributed by atoms with Crippen molar-refractivity contribution in [3.8, 4) is 5.69 Å². The van der Waals surface area contributed by atoms with Gasteiger partial charge in [0.2, 0.25) is 0 Å². The first kappa shape index (κ1) is 21.1. The third-order valence-corrected chi connectivity index (χ3v) is 5.57. The van der Waals surface area contributed by atoms with E-state index in [1.54, 1.807) is 36.4 Å². The summed E-state index contributed by atoms with van der Waals surface area (Å²) in [6.45, 7) is 4.61.